The summed E-state index contributed by atoms with van der Waals surface area (Å²) in [5, 5.41) is 9.70. The maximum absolute atomic E-state index is 12.6. The molecular weight excluding hydrogens is 366 g/mol. The van der Waals surface area contributed by atoms with Gasteiger partial charge >= 0.3 is 6.61 Å². The van der Waals surface area contributed by atoms with Crippen LogP contribution in [0.3, 0.4) is 0 Å². The quantitative estimate of drug-likeness (QED) is 0.744. The number of hydrogen-bond donors (Lipinski definition) is 1. The van der Waals surface area contributed by atoms with E-state index in [1.165, 1.54) is 6.07 Å². The Kier molecular flexibility index (Phi) is 5.31. The molecule has 2 aromatic carbocycles. The number of halogens is 2. The van der Waals surface area contributed by atoms with Gasteiger partial charge in [0.25, 0.3) is 0 Å². The molecule has 1 atom stereocenters. The topological polar surface area (TPSA) is 55.8 Å². The second-order valence-electron chi connectivity index (χ2n) is 7.49. The van der Waals surface area contributed by atoms with E-state index >= 15 is 0 Å². The normalized spacial score (nSPS) is 18.4. The molecule has 4 nitrogen and oxygen atoms in total. The molecule has 1 N–H and O–H groups in total. The molecule has 2 aliphatic carbocycles. The van der Waals surface area contributed by atoms with E-state index in [9.17, 15) is 18.7 Å². The van der Waals surface area contributed by atoms with Gasteiger partial charge in [0.2, 0.25) is 0 Å². The number of fused-ring (bicyclic) bond motifs is 1. The molecule has 1 fully saturated rings. The van der Waals surface area contributed by atoms with Gasteiger partial charge in [-0.05, 0) is 60.4 Å². The Morgan fingerprint density at radius 1 is 1.04 bits per heavy atom. The lowest BCUT2D eigenvalue weighted by molar-refractivity contribution is -0.0515. The van der Waals surface area contributed by atoms with Crippen LogP contribution >= 0.6 is 0 Å². The molecule has 0 heterocycles. The van der Waals surface area contributed by atoms with E-state index in [0.29, 0.717) is 36.7 Å². The SMILES string of the molecule is O=C1c2ccc(CCc3ccc(OC(F)F)c(OCC4CC4)c3)cc2CC1O. The van der Waals surface area contributed by atoms with Crippen LogP contribution in [-0.2, 0) is 19.3 Å². The number of aliphatic hydroxyl groups excluding tert-OH is 1. The Labute approximate surface area is 162 Å². The van der Waals surface area contributed by atoms with Crippen molar-refractivity contribution in [2.75, 3.05) is 6.61 Å². The van der Waals surface area contributed by atoms with E-state index in [4.69, 9.17) is 4.74 Å². The molecule has 0 amide bonds. The number of ketones is 1. The van der Waals surface area contributed by atoms with Crippen LogP contribution in [0, 0.1) is 5.92 Å². The monoisotopic (exact) mass is 388 g/mol. The van der Waals surface area contributed by atoms with Gasteiger partial charge in [-0.25, -0.2) is 0 Å². The average Bonchev–Trinajstić information content (AvgIpc) is 3.45. The number of ether oxygens (including phenoxy) is 2. The standard InChI is InChI=1S/C22H22F2O4/c23-22(24)28-19-8-6-14(10-20(19)27-12-15-3-4-15)2-1-13-5-7-17-16(9-13)11-18(25)21(17)26/h5-10,15,18,22,25H,1-4,11-12H2. The van der Waals surface area contributed by atoms with E-state index in [-0.39, 0.29) is 11.5 Å². The van der Waals surface area contributed by atoms with Gasteiger partial charge < -0.3 is 14.6 Å². The van der Waals surface area contributed by atoms with Crippen LogP contribution in [0.1, 0.15) is 39.9 Å². The summed E-state index contributed by atoms with van der Waals surface area (Å²) in [7, 11) is 0. The van der Waals surface area contributed by atoms with Crippen molar-refractivity contribution in [3.63, 3.8) is 0 Å². The average molecular weight is 388 g/mol. The van der Waals surface area contributed by atoms with Crippen LogP contribution in [-0.4, -0.2) is 30.2 Å². The number of aryl methyl sites for hydroxylation is 2. The fourth-order valence-electron chi connectivity index (χ4n) is 3.49. The Hall–Kier alpha value is -2.47. The largest absolute Gasteiger partial charge is 0.489 e. The lowest BCUT2D eigenvalue weighted by Crippen LogP contribution is -2.13. The molecular formula is C22H22F2O4. The summed E-state index contributed by atoms with van der Waals surface area (Å²) in [6.07, 6.45) is 3.08. The van der Waals surface area contributed by atoms with Crippen molar-refractivity contribution in [3.05, 3.63) is 58.7 Å². The Bertz CT molecular complexity index is 877. The number of aliphatic hydroxyl groups is 1. The molecule has 6 heteroatoms. The van der Waals surface area contributed by atoms with Gasteiger partial charge in [-0.3, -0.25) is 4.79 Å². The van der Waals surface area contributed by atoms with Crippen molar-refractivity contribution in [2.24, 2.45) is 5.92 Å². The number of alkyl halides is 2. The fourth-order valence-corrected chi connectivity index (χ4v) is 3.49. The van der Waals surface area contributed by atoms with Crippen molar-refractivity contribution < 1.29 is 28.2 Å². The molecule has 0 bridgehead atoms. The smallest absolute Gasteiger partial charge is 0.387 e. The number of rotatable bonds is 8. The molecule has 0 saturated heterocycles. The third kappa shape index (κ3) is 4.33. The minimum absolute atomic E-state index is 0.0597. The van der Waals surface area contributed by atoms with Crippen molar-refractivity contribution in [3.8, 4) is 11.5 Å². The van der Waals surface area contributed by atoms with Crippen LogP contribution in [0.15, 0.2) is 36.4 Å². The zero-order valence-electron chi connectivity index (χ0n) is 15.4. The maximum Gasteiger partial charge on any atom is 0.387 e. The lowest BCUT2D eigenvalue weighted by Gasteiger charge is -2.14. The fraction of sp³-hybridized carbons (Fsp3) is 0.409. The molecule has 0 aliphatic heterocycles. The summed E-state index contributed by atoms with van der Waals surface area (Å²) in [4.78, 5) is 11.8. The number of Topliss-reactive ketones (excluding diaryl/α,β-unsaturated/α-hetero) is 1. The van der Waals surface area contributed by atoms with Crippen LogP contribution < -0.4 is 9.47 Å². The summed E-state index contributed by atoms with van der Waals surface area (Å²) in [5.74, 6) is 0.706. The molecule has 0 aromatic heterocycles. The molecule has 1 unspecified atom stereocenters. The van der Waals surface area contributed by atoms with Crippen molar-refractivity contribution >= 4 is 5.78 Å². The Morgan fingerprint density at radius 3 is 2.46 bits per heavy atom. The van der Waals surface area contributed by atoms with Crippen LogP contribution in [0.5, 0.6) is 11.5 Å². The highest BCUT2D eigenvalue weighted by molar-refractivity contribution is 6.03. The predicted molar refractivity (Wildman–Crippen MR) is 99.2 cm³/mol. The van der Waals surface area contributed by atoms with E-state index < -0.39 is 12.7 Å². The first-order chi connectivity index (χ1) is 13.5. The first-order valence-corrected chi connectivity index (χ1v) is 9.54. The van der Waals surface area contributed by atoms with E-state index in [1.807, 2.05) is 12.1 Å². The highest BCUT2D eigenvalue weighted by Crippen LogP contribution is 2.34. The van der Waals surface area contributed by atoms with Crippen molar-refractivity contribution in [2.45, 2.75) is 44.8 Å². The first-order valence-electron chi connectivity index (χ1n) is 9.54. The first kappa shape index (κ1) is 18.9. The van der Waals surface area contributed by atoms with Crippen LogP contribution in [0.4, 0.5) is 8.78 Å². The highest BCUT2D eigenvalue weighted by atomic mass is 19.3. The number of hydrogen-bond acceptors (Lipinski definition) is 4. The van der Waals surface area contributed by atoms with Gasteiger partial charge in [-0.1, -0.05) is 24.3 Å². The van der Waals surface area contributed by atoms with E-state index in [1.54, 1.807) is 18.2 Å². The molecule has 2 aliphatic rings. The number of carbonyl (C=O) groups is 1. The lowest BCUT2D eigenvalue weighted by atomic mass is 10.00. The predicted octanol–water partition coefficient (Wildman–Crippen LogP) is 3.96. The third-order valence-corrected chi connectivity index (χ3v) is 5.25. The van der Waals surface area contributed by atoms with E-state index in [2.05, 4.69) is 4.74 Å². The van der Waals surface area contributed by atoms with Gasteiger partial charge in [-0.15, -0.1) is 0 Å². The number of carbonyl (C=O) groups excluding carboxylic acids is 1. The van der Waals surface area contributed by atoms with Crippen molar-refractivity contribution in [1.82, 2.24) is 0 Å². The van der Waals surface area contributed by atoms with Crippen molar-refractivity contribution in [1.29, 1.82) is 0 Å². The van der Waals surface area contributed by atoms with Crippen LogP contribution in [0.25, 0.3) is 0 Å². The van der Waals surface area contributed by atoms with Gasteiger partial charge in [0.1, 0.15) is 6.10 Å². The maximum atomic E-state index is 12.6. The molecule has 0 radical (unpaired) electrons. The summed E-state index contributed by atoms with van der Waals surface area (Å²) in [6.45, 7) is -2.37. The Morgan fingerprint density at radius 2 is 1.75 bits per heavy atom. The van der Waals surface area contributed by atoms with Gasteiger partial charge in [0.15, 0.2) is 17.3 Å². The third-order valence-electron chi connectivity index (χ3n) is 5.25. The summed E-state index contributed by atoms with van der Waals surface area (Å²) in [5.41, 5.74) is 3.50. The molecule has 2 aromatic rings. The summed E-state index contributed by atoms with van der Waals surface area (Å²) < 4.78 is 35.5. The number of benzene rings is 2. The second-order valence-corrected chi connectivity index (χ2v) is 7.49. The minimum Gasteiger partial charge on any atom is -0.489 e. The second kappa shape index (κ2) is 7.87. The summed E-state index contributed by atoms with van der Waals surface area (Å²) >= 11 is 0. The molecule has 148 valence electrons. The molecule has 4 rings (SSSR count). The minimum atomic E-state index is -2.89. The zero-order valence-corrected chi connectivity index (χ0v) is 15.4. The summed E-state index contributed by atoms with van der Waals surface area (Å²) in [6, 6.07) is 10.7. The van der Waals surface area contributed by atoms with Gasteiger partial charge in [-0.2, -0.15) is 8.78 Å². The zero-order chi connectivity index (χ0) is 19.7. The van der Waals surface area contributed by atoms with Gasteiger partial charge in [0.05, 0.1) is 6.61 Å². The Balaban J connectivity index is 1.44. The molecule has 28 heavy (non-hydrogen) atoms. The molecule has 0 spiro atoms. The van der Waals surface area contributed by atoms with Crippen LogP contribution in [0.2, 0.25) is 0 Å². The highest BCUT2D eigenvalue weighted by Gasteiger charge is 2.28. The van der Waals surface area contributed by atoms with E-state index in [0.717, 1.165) is 36.0 Å². The van der Waals surface area contributed by atoms with Gasteiger partial charge in [0, 0.05) is 12.0 Å². The molecule has 1 saturated carbocycles.